The highest BCUT2D eigenvalue weighted by atomic mass is 16.2. The average Bonchev–Trinajstić information content (AvgIpc) is 2.83. The highest BCUT2D eigenvalue weighted by molar-refractivity contribution is 5.94. The van der Waals surface area contributed by atoms with Crippen LogP contribution in [0, 0.1) is 22.7 Å². The first-order chi connectivity index (χ1) is 9.15. The van der Waals surface area contributed by atoms with E-state index >= 15 is 0 Å². The van der Waals surface area contributed by atoms with Gasteiger partial charge in [-0.25, -0.2) is 0 Å². The second kappa shape index (κ2) is 5.24. The minimum absolute atomic E-state index is 0.0193. The fourth-order valence-corrected chi connectivity index (χ4v) is 2.06. The van der Waals surface area contributed by atoms with Crippen molar-refractivity contribution in [1.82, 2.24) is 0 Å². The Morgan fingerprint density at radius 3 is 2.79 bits per heavy atom. The largest absolute Gasteiger partial charge is 0.360 e. The molecule has 0 atom stereocenters. The summed E-state index contributed by atoms with van der Waals surface area (Å²) in [5.41, 5.74) is 2.84. The third-order valence-corrected chi connectivity index (χ3v) is 2.98. The lowest BCUT2D eigenvalue weighted by Crippen LogP contribution is -2.25. The van der Waals surface area contributed by atoms with Gasteiger partial charge in [0.15, 0.2) is 0 Å². The molecule has 1 heterocycles. The number of hydrogen-bond donors (Lipinski definition) is 1. The zero-order valence-electron chi connectivity index (χ0n) is 10.5. The van der Waals surface area contributed by atoms with E-state index in [1.165, 1.54) is 6.20 Å². The van der Waals surface area contributed by atoms with Crippen molar-refractivity contribution in [3.05, 3.63) is 35.5 Å². The number of allylic oxidation sites excluding steroid dienone is 1. The van der Waals surface area contributed by atoms with Crippen molar-refractivity contribution in [2.24, 2.45) is 0 Å². The van der Waals surface area contributed by atoms with Crippen LogP contribution in [0.2, 0.25) is 0 Å². The molecule has 1 aromatic rings. The molecule has 1 N–H and O–H groups in total. The van der Waals surface area contributed by atoms with E-state index in [4.69, 9.17) is 10.5 Å². The molecule has 0 spiro atoms. The predicted molar refractivity (Wildman–Crippen MR) is 71.1 cm³/mol. The summed E-state index contributed by atoms with van der Waals surface area (Å²) in [7, 11) is 0. The first-order valence-electron chi connectivity index (χ1n) is 5.83. The van der Waals surface area contributed by atoms with Gasteiger partial charge in [0.25, 0.3) is 0 Å². The highest BCUT2D eigenvalue weighted by Crippen LogP contribution is 2.30. The van der Waals surface area contributed by atoms with Crippen LogP contribution < -0.4 is 10.2 Å². The van der Waals surface area contributed by atoms with Crippen molar-refractivity contribution in [3.8, 4) is 12.1 Å². The van der Waals surface area contributed by atoms with Crippen LogP contribution in [0.3, 0.4) is 0 Å². The van der Waals surface area contributed by atoms with E-state index in [2.05, 4.69) is 5.32 Å². The van der Waals surface area contributed by atoms with E-state index < -0.39 is 0 Å². The number of hydrogen-bond acceptors (Lipinski definition) is 4. The van der Waals surface area contributed by atoms with Gasteiger partial charge in [0.1, 0.15) is 17.7 Å². The van der Waals surface area contributed by atoms with Gasteiger partial charge in [0, 0.05) is 31.0 Å². The third kappa shape index (κ3) is 2.56. The number of carbonyl (C=O) groups excluding carboxylic acids is 1. The Balaban J connectivity index is 2.21. The Kier molecular flexibility index (Phi) is 3.49. The predicted octanol–water partition coefficient (Wildman–Crippen LogP) is 1.94. The minimum atomic E-state index is 0.0193. The third-order valence-electron chi connectivity index (χ3n) is 2.98. The Bertz CT molecular complexity index is 618. The molecule has 0 bridgehead atoms. The van der Waals surface area contributed by atoms with Gasteiger partial charge in [-0.15, -0.1) is 0 Å². The Labute approximate surface area is 111 Å². The monoisotopic (exact) mass is 252 g/mol. The summed E-state index contributed by atoms with van der Waals surface area (Å²) in [6, 6.07) is 9.19. The summed E-state index contributed by atoms with van der Waals surface area (Å²) in [6.45, 7) is 2.25. The number of rotatable bonds is 2. The molecular formula is C14H12N4O. The molecule has 0 saturated carbocycles. The molecule has 0 aliphatic carbocycles. The molecular weight excluding hydrogens is 240 g/mol. The first-order valence-corrected chi connectivity index (χ1v) is 5.83. The maximum Gasteiger partial charge on any atom is 0.223 e. The molecule has 1 aliphatic heterocycles. The molecule has 1 aliphatic rings. The highest BCUT2D eigenvalue weighted by Gasteiger charge is 2.21. The van der Waals surface area contributed by atoms with Gasteiger partial charge in [0.05, 0.1) is 0 Å². The number of benzene rings is 1. The number of carbonyl (C=O) groups is 1. The smallest absolute Gasteiger partial charge is 0.223 e. The molecule has 1 aromatic carbocycles. The molecule has 1 amide bonds. The molecule has 2 rings (SSSR count). The van der Waals surface area contributed by atoms with Crippen LogP contribution in [0.5, 0.6) is 0 Å². The van der Waals surface area contributed by atoms with E-state index in [0.29, 0.717) is 6.54 Å². The van der Waals surface area contributed by atoms with Gasteiger partial charge in [-0.05, 0) is 30.2 Å². The maximum atomic E-state index is 11.4. The van der Waals surface area contributed by atoms with E-state index in [9.17, 15) is 4.79 Å². The number of anilines is 2. The van der Waals surface area contributed by atoms with Gasteiger partial charge in [-0.2, -0.15) is 10.5 Å². The van der Waals surface area contributed by atoms with Crippen molar-refractivity contribution in [2.75, 3.05) is 16.8 Å². The molecule has 0 radical (unpaired) electrons. The van der Waals surface area contributed by atoms with Crippen molar-refractivity contribution in [1.29, 1.82) is 10.5 Å². The maximum absolute atomic E-state index is 11.4. The lowest BCUT2D eigenvalue weighted by molar-refractivity contribution is -0.116. The van der Waals surface area contributed by atoms with Crippen LogP contribution in [0.15, 0.2) is 30.0 Å². The van der Waals surface area contributed by atoms with Gasteiger partial charge in [-0.3, -0.25) is 4.79 Å². The standard InChI is InChI=1S/C14H12N4O/c1-10(19)18-5-4-12-6-13(2-3-14(12)18)17-9-11(7-15)8-16/h2-3,6,9,17H,4-5H2,1H3. The van der Waals surface area contributed by atoms with E-state index in [-0.39, 0.29) is 11.5 Å². The molecule has 0 unspecified atom stereocenters. The summed E-state index contributed by atoms with van der Waals surface area (Å²) in [5.74, 6) is 0.0376. The first kappa shape index (κ1) is 12.7. The number of nitrogens with one attached hydrogen (secondary N) is 1. The van der Waals surface area contributed by atoms with Crippen LogP contribution in [0.1, 0.15) is 12.5 Å². The second-order valence-corrected chi connectivity index (χ2v) is 4.19. The Morgan fingerprint density at radius 1 is 1.42 bits per heavy atom. The van der Waals surface area contributed by atoms with Gasteiger partial charge < -0.3 is 10.2 Å². The van der Waals surface area contributed by atoms with Gasteiger partial charge >= 0.3 is 0 Å². The summed E-state index contributed by atoms with van der Waals surface area (Å²) in [5, 5.41) is 20.2. The fourth-order valence-electron chi connectivity index (χ4n) is 2.06. The lowest BCUT2D eigenvalue weighted by Gasteiger charge is -2.14. The van der Waals surface area contributed by atoms with Crippen LogP contribution in [0.4, 0.5) is 11.4 Å². The molecule has 5 heteroatoms. The summed E-state index contributed by atoms with van der Waals surface area (Å²) >= 11 is 0. The average molecular weight is 252 g/mol. The molecule has 19 heavy (non-hydrogen) atoms. The quantitative estimate of drug-likeness (QED) is 0.816. The van der Waals surface area contributed by atoms with E-state index in [1.807, 2.05) is 18.2 Å². The zero-order chi connectivity index (χ0) is 13.8. The van der Waals surface area contributed by atoms with Crippen LogP contribution in [-0.2, 0) is 11.2 Å². The number of fused-ring (bicyclic) bond motifs is 1. The Hall–Kier alpha value is -2.79. The SMILES string of the molecule is CC(=O)N1CCc2cc(NC=C(C#N)C#N)ccc21. The van der Waals surface area contributed by atoms with Crippen molar-refractivity contribution in [3.63, 3.8) is 0 Å². The second-order valence-electron chi connectivity index (χ2n) is 4.19. The number of amides is 1. The lowest BCUT2D eigenvalue weighted by atomic mass is 10.1. The molecule has 0 aromatic heterocycles. The minimum Gasteiger partial charge on any atom is -0.360 e. The summed E-state index contributed by atoms with van der Waals surface area (Å²) < 4.78 is 0. The number of nitriles is 2. The van der Waals surface area contributed by atoms with Crippen LogP contribution in [0.25, 0.3) is 0 Å². The van der Waals surface area contributed by atoms with Gasteiger partial charge in [0.2, 0.25) is 5.91 Å². The molecule has 0 saturated heterocycles. The molecule has 5 nitrogen and oxygen atoms in total. The van der Waals surface area contributed by atoms with Crippen molar-refractivity contribution >= 4 is 17.3 Å². The van der Waals surface area contributed by atoms with Gasteiger partial charge in [-0.1, -0.05) is 0 Å². The van der Waals surface area contributed by atoms with E-state index in [1.54, 1.807) is 24.0 Å². The summed E-state index contributed by atoms with van der Waals surface area (Å²) in [6.07, 6.45) is 2.19. The number of nitrogens with zero attached hydrogens (tertiary/aromatic N) is 3. The summed E-state index contributed by atoms with van der Waals surface area (Å²) in [4.78, 5) is 13.2. The molecule has 94 valence electrons. The van der Waals surface area contributed by atoms with E-state index in [0.717, 1.165) is 23.4 Å². The normalized spacial score (nSPS) is 12.1. The van der Waals surface area contributed by atoms with Crippen molar-refractivity contribution < 1.29 is 4.79 Å². The molecule has 0 fully saturated rings. The zero-order valence-corrected chi connectivity index (χ0v) is 10.5. The van der Waals surface area contributed by atoms with Crippen molar-refractivity contribution in [2.45, 2.75) is 13.3 Å². The van der Waals surface area contributed by atoms with Crippen LogP contribution in [-0.4, -0.2) is 12.5 Å². The van der Waals surface area contributed by atoms with Crippen LogP contribution >= 0.6 is 0 Å². The Morgan fingerprint density at radius 2 is 2.16 bits per heavy atom. The fraction of sp³-hybridized carbons (Fsp3) is 0.214. The topological polar surface area (TPSA) is 79.9 Å².